The third-order valence-electron chi connectivity index (χ3n) is 3.61. The van der Waals surface area contributed by atoms with Crippen molar-refractivity contribution in [2.24, 2.45) is 0 Å². The van der Waals surface area contributed by atoms with E-state index in [2.05, 4.69) is 40.5 Å². The van der Waals surface area contributed by atoms with Crippen LogP contribution in [-0.2, 0) is 13.1 Å². The molecule has 4 nitrogen and oxygen atoms in total. The first-order valence-electron chi connectivity index (χ1n) is 7.67. The second-order valence-electron chi connectivity index (χ2n) is 5.61. The zero-order valence-electron chi connectivity index (χ0n) is 13.2. The second kappa shape index (κ2) is 6.76. The number of nitrogens with zero attached hydrogens (tertiary/aromatic N) is 4. The fourth-order valence-electron chi connectivity index (χ4n) is 2.54. The van der Waals surface area contributed by atoms with Crippen LogP contribution in [0.3, 0.4) is 0 Å². The standard InChI is InChI=1S/C18H16N4S2/c1-22(11-17-21-14-6-2-3-8-16(14)24-17)10-13-12-23-18(20-13)15-7-4-5-9-19-15/h2-9,12H,10-11H2,1H3. The Labute approximate surface area is 148 Å². The first-order chi connectivity index (χ1) is 11.8. The van der Waals surface area contributed by atoms with Gasteiger partial charge in [-0.05, 0) is 31.3 Å². The zero-order chi connectivity index (χ0) is 16.4. The Morgan fingerprint density at radius 3 is 2.71 bits per heavy atom. The van der Waals surface area contributed by atoms with Crippen molar-refractivity contribution >= 4 is 32.9 Å². The summed E-state index contributed by atoms with van der Waals surface area (Å²) in [5.41, 5.74) is 3.09. The predicted molar refractivity (Wildman–Crippen MR) is 100 cm³/mol. The molecule has 0 unspecified atom stereocenters. The van der Waals surface area contributed by atoms with Crippen LogP contribution in [-0.4, -0.2) is 26.9 Å². The first kappa shape index (κ1) is 15.4. The third kappa shape index (κ3) is 3.36. The molecule has 6 heteroatoms. The molecule has 0 aliphatic heterocycles. The van der Waals surface area contributed by atoms with Gasteiger partial charge in [0.15, 0.2) is 0 Å². The Bertz CT molecular complexity index is 913. The molecule has 0 radical (unpaired) electrons. The summed E-state index contributed by atoms with van der Waals surface area (Å²) in [5.74, 6) is 0. The lowest BCUT2D eigenvalue weighted by atomic mass is 10.3. The largest absolute Gasteiger partial charge is 0.294 e. The van der Waals surface area contributed by atoms with Crippen molar-refractivity contribution in [1.82, 2.24) is 19.9 Å². The molecule has 0 spiro atoms. The lowest BCUT2D eigenvalue weighted by molar-refractivity contribution is 0.315. The van der Waals surface area contributed by atoms with Crippen molar-refractivity contribution in [1.29, 1.82) is 0 Å². The van der Waals surface area contributed by atoms with Gasteiger partial charge in [-0.1, -0.05) is 18.2 Å². The van der Waals surface area contributed by atoms with Gasteiger partial charge in [0.2, 0.25) is 0 Å². The van der Waals surface area contributed by atoms with Crippen molar-refractivity contribution in [3.05, 3.63) is 64.7 Å². The van der Waals surface area contributed by atoms with Gasteiger partial charge in [-0.25, -0.2) is 9.97 Å². The number of hydrogen-bond acceptors (Lipinski definition) is 6. The maximum atomic E-state index is 4.70. The SMILES string of the molecule is CN(Cc1csc(-c2ccccn2)n1)Cc1nc2ccccc2s1. The van der Waals surface area contributed by atoms with Crippen molar-refractivity contribution in [3.63, 3.8) is 0 Å². The molecule has 0 amide bonds. The molecule has 0 saturated carbocycles. The van der Waals surface area contributed by atoms with E-state index < -0.39 is 0 Å². The number of pyridine rings is 1. The van der Waals surface area contributed by atoms with Gasteiger partial charge in [-0.2, -0.15) is 0 Å². The maximum Gasteiger partial charge on any atom is 0.142 e. The number of rotatable bonds is 5. The predicted octanol–water partition coefficient (Wildman–Crippen LogP) is 4.45. The van der Waals surface area contributed by atoms with Crippen LogP contribution in [0.5, 0.6) is 0 Å². The molecule has 4 rings (SSSR count). The monoisotopic (exact) mass is 352 g/mol. The van der Waals surface area contributed by atoms with Crippen LogP contribution < -0.4 is 0 Å². The van der Waals surface area contributed by atoms with E-state index >= 15 is 0 Å². The summed E-state index contributed by atoms with van der Waals surface area (Å²) in [4.78, 5) is 16.0. The average Bonchev–Trinajstić information content (AvgIpc) is 3.21. The summed E-state index contributed by atoms with van der Waals surface area (Å²) in [6.45, 7) is 1.63. The molecular weight excluding hydrogens is 336 g/mol. The van der Waals surface area contributed by atoms with Gasteiger partial charge in [0, 0.05) is 18.1 Å². The van der Waals surface area contributed by atoms with Crippen LogP contribution in [0.4, 0.5) is 0 Å². The van der Waals surface area contributed by atoms with E-state index in [1.165, 1.54) is 4.70 Å². The highest BCUT2D eigenvalue weighted by molar-refractivity contribution is 7.18. The number of aromatic nitrogens is 3. The Kier molecular flexibility index (Phi) is 4.34. The molecule has 3 heterocycles. The van der Waals surface area contributed by atoms with Crippen molar-refractivity contribution in [2.45, 2.75) is 13.1 Å². The van der Waals surface area contributed by atoms with E-state index in [9.17, 15) is 0 Å². The molecule has 0 saturated heterocycles. The van der Waals surface area contributed by atoms with Crippen molar-refractivity contribution < 1.29 is 0 Å². The van der Waals surface area contributed by atoms with Crippen LogP contribution in [0.2, 0.25) is 0 Å². The van der Waals surface area contributed by atoms with Gasteiger partial charge in [0.05, 0.1) is 28.1 Å². The Balaban J connectivity index is 1.44. The van der Waals surface area contributed by atoms with E-state index in [1.807, 2.05) is 24.3 Å². The highest BCUT2D eigenvalue weighted by Crippen LogP contribution is 2.24. The summed E-state index contributed by atoms with van der Waals surface area (Å²) in [6.07, 6.45) is 1.80. The van der Waals surface area contributed by atoms with Crippen molar-refractivity contribution in [2.75, 3.05) is 7.05 Å². The highest BCUT2D eigenvalue weighted by Gasteiger charge is 2.10. The highest BCUT2D eigenvalue weighted by atomic mass is 32.1. The Hall–Kier alpha value is -2.15. The summed E-state index contributed by atoms with van der Waals surface area (Å²) in [7, 11) is 2.10. The Morgan fingerprint density at radius 1 is 1.00 bits per heavy atom. The van der Waals surface area contributed by atoms with Gasteiger partial charge in [-0.3, -0.25) is 9.88 Å². The molecule has 3 aromatic heterocycles. The van der Waals surface area contributed by atoms with E-state index in [-0.39, 0.29) is 0 Å². The molecule has 0 bridgehead atoms. The topological polar surface area (TPSA) is 41.9 Å². The zero-order valence-corrected chi connectivity index (χ0v) is 14.8. The molecule has 0 aliphatic carbocycles. The van der Waals surface area contributed by atoms with Crippen LogP contribution in [0, 0.1) is 0 Å². The molecule has 0 aliphatic rings. The summed E-state index contributed by atoms with van der Waals surface area (Å²) >= 11 is 3.40. The summed E-state index contributed by atoms with van der Waals surface area (Å²) in [5, 5.41) is 4.22. The fraction of sp³-hybridized carbons (Fsp3) is 0.167. The summed E-state index contributed by atoms with van der Waals surface area (Å²) < 4.78 is 1.24. The molecule has 120 valence electrons. The smallest absolute Gasteiger partial charge is 0.142 e. The fourth-order valence-corrected chi connectivity index (χ4v) is 4.37. The number of thiazole rings is 2. The van der Waals surface area contributed by atoms with E-state index in [0.717, 1.165) is 40.0 Å². The van der Waals surface area contributed by atoms with Crippen LogP contribution in [0.15, 0.2) is 54.0 Å². The number of benzene rings is 1. The lowest BCUT2D eigenvalue weighted by Crippen LogP contribution is -2.17. The van der Waals surface area contributed by atoms with Gasteiger partial charge < -0.3 is 0 Å². The number of para-hydroxylation sites is 1. The molecule has 0 atom stereocenters. The molecule has 4 aromatic rings. The van der Waals surface area contributed by atoms with Gasteiger partial charge in [0.1, 0.15) is 10.0 Å². The van der Waals surface area contributed by atoms with Gasteiger partial charge in [-0.15, -0.1) is 22.7 Å². The first-order valence-corrected chi connectivity index (χ1v) is 9.36. The van der Waals surface area contributed by atoms with Crippen LogP contribution in [0.25, 0.3) is 20.9 Å². The molecule has 0 fully saturated rings. The number of fused-ring (bicyclic) bond motifs is 1. The molecule has 0 N–H and O–H groups in total. The van der Waals surface area contributed by atoms with Gasteiger partial charge >= 0.3 is 0 Å². The van der Waals surface area contributed by atoms with E-state index in [1.54, 1.807) is 28.9 Å². The maximum absolute atomic E-state index is 4.70. The van der Waals surface area contributed by atoms with E-state index in [4.69, 9.17) is 9.97 Å². The lowest BCUT2D eigenvalue weighted by Gasteiger charge is -2.12. The van der Waals surface area contributed by atoms with Gasteiger partial charge in [0.25, 0.3) is 0 Å². The molecule has 1 aromatic carbocycles. The minimum Gasteiger partial charge on any atom is -0.294 e. The van der Waals surface area contributed by atoms with Crippen molar-refractivity contribution in [3.8, 4) is 10.7 Å². The average molecular weight is 352 g/mol. The van der Waals surface area contributed by atoms with E-state index in [0.29, 0.717) is 0 Å². The van der Waals surface area contributed by atoms with Crippen LogP contribution >= 0.6 is 22.7 Å². The second-order valence-corrected chi connectivity index (χ2v) is 7.58. The third-order valence-corrected chi connectivity index (χ3v) is 5.55. The summed E-state index contributed by atoms with van der Waals surface area (Å²) in [6, 6.07) is 14.2. The van der Waals surface area contributed by atoms with Crippen LogP contribution in [0.1, 0.15) is 10.7 Å². The minimum absolute atomic E-state index is 0.805. The molecule has 24 heavy (non-hydrogen) atoms. The normalized spacial score (nSPS) is 11.4. The molecular formula is C18H16N4S2. The minimum atomic E-state index is 0.805. The quantitative estimate of drug-likeness (QED) is 0.532. The Morgan fingerprint density at radius 2 is 1.88 bits per heavy atom. The number of hydrogen-bond donors (Lipinski definition) is 0.